The van der Waals surface area contributed by atoms with Crippen LogP contribution < -0.4 is 5.32 Å². The lowest BCUT2D eigenvalue weighted by molar-refractivity contribution is 0.185. The van der Waals surface area contributed by atoms with E-state index < -0.39 is 0 Å². The number of benzene rings is 2. The Morgan fingerprint density at radius 2 is 1.67 bits per heavy atom. The van der Waals surface area contributed by atoms with Crippen LogP contribution in [-0.4, -0.2) is 7.11 Å². The van der Waals surface area contributed by atoms with Gasteiger partial charge in [-0.05, 0) is 12.1 Å². The Balaban J connectivity index is 2.08. The molecule has 0 saturated heterocycles. The van der Waals surface area contributed by atoms with Crippen LogP contribution in [0.15, 0.2) is 48.5 Å². The smallest absolute Gasteiger partial charge is 0.128 e. The molecule has 1 N–H and O–H groups in total. The topological polar surface area (TPSA) is 21.3 Å². The Labute approximate surface area is 106 Å². The fourth-order valence-corrected chi connectivity index (χ4v) is 1.81. The molecule has 0 heterocycles. The van der Waals surface area contributed by atoms with Gasteiger partial charge in [-0.1, -0.05) is 36.4 Å². The van der Waals surface area contributed by atoms with Gasteiger partial charge in [0.2, 0.25) is 0 Å². The molecule has 2 rings (SSSR count). The maximum absolute atomic E-state index is 13.5. The van der Waals surface area contributed by atoms with Crippen LogP contribution in [0.4, 0.5) is 10.1 Å². The second-order valence-electron chi connectivity index (χ2n) is 4.04. The number of para-hydroxylation sites is 1. The van der Waals surface area contributed by atoms with Crippen molar-refractivity contribution in [2.45, 2.75) is 13.2 Å². The summed E-state index contributed by atoms with van der Waals surface area (Å²) in [5.74, 6) is -0.186. The fraction of sp³-hybridized carbons (Fsp3) is 0.200. The van der Waals surface area contributed by atoms with Crippen molar-refractivity contribution in [1.82, 2.24) is 0 Å². The first-order chi connectivity index (χ1) is 8.81. The number of rotatable bonds is 5. The molecule has 0 spiro atoms. The lowest BCUT2D eigenvalue weighted by Crippen LogP contribution is -2.04. The highest BCUT2D eigenvalue weighted by Crippen LogP contribution is 2.17. The first-order valence-corrected chi connectivity index (χ1v) is 5.85. The summed E-state index contributed by atoms with van der Waals surface area (Å²) in [4.78, 5) is 0. The van der Waals surface area contributed by atoms with Gasteiger partial charge in [-0.15, -0.1) is 0 Å². The quantitative estimate of drug-likeness (QED) is 0.869. The first-order valence-electron chi connectivity index (χ1n) is 5.85. The Morgan fingerprint density at radius 1 is 1.00 bits per heavy atom. The minimum Gasteiger partial charge on any atom is -0.381 e. The Kier molecular flexibility index (Phi) is 4.31. The van der Waals surface area contributed by atoms with Crippen molar-refractivity contribution < 1.29 is 9.13 Å². The van der Waals surface area contributed by atoms with Crippen LogP contribution in [-0.2, 0) is 17.9 Å². The first kappa shape index (κ1) is 12.6. The summed E-state index contributed by atoms with van der Waals surface area (Å²) in [6.45, 7) is 1.01. The zero-order chi connectivity index (χ0) is 12.8. The Morgan fingerprint density at radius 3 is 2.39 bits per heavy atom. The zero-order valence-corrected chi connectivity index (χ0v) is 10.3. The van der Waals surface area contributed by atoms with Crippen LogP contribution in [0.3, 0.4) is 0 Å². The summed E-state index contributed by atoms with van der Waals surface area (Å²) < 4.78 is 18.6. The third-order valence-electron chi connectivity index (χ3n) is 2.74. The summed E-state index contributed by atoms with van der Waals surface area (Å²) in [6, 6.07) is 14.6. The number of ether oxygens (including phenoxy) is 1. The minimum atomic E-state index is -0.186. The number of nitrogens with one attached hydrogen (secondary N) is 1. The maximum atomic E-state index is 13.5. The molecule has 0 atom stereocenters. The van der Waals surface area contributed by atoms with Gasteiger partial charge >= 0.3 is 0 Å². The number of hydrogen-bond acceptors (Lipinski definition) is 2. The molecule has 0 saturated carbocycles. The van der Waals surface area contributed by atoms with E-state index in [1.54, 1.807) is 19.2 Å². The van der Waals surface area contributed by atoms with Gasteiger partial charge in [0.15, 0.2) is 0 Å². The van der Waals surface area contributed by atoms with Gasteiger partial charge in [0.05, 0.1) is 6.61 Å². The van der Waals surface area contributed by atoms with Crippen LogP contribution in [0.5, 0.6) is 0 Å². The third kappa shape index (κ3) is 3.08. The highest BCUT2D eigenvalue weighted by molar-refractivity contribution is 5.51. The van der Waals surface area contributed by atoms with Crippen molar-refractivity contribution in [3.05, 3.63) is 65.5 Å². The van der Waals surface area contributed by atoms with E-state index in [1.807, 2.05) is 30.3 Å². The number of methoxy groups -OCH3 is 1. The second kappa shape index (κ2) is 6.17. The summed E-state index contributed by atoms with van der Waals surface area (Å²) in [5.41, 5.74) is 2.70. The Hall–Kier alpha value is -1.87. The van der Waals surface area contributed by atoms with Crippen LogP contribution in [0.25, 0.3) is 0 Å². The van der Waals surface area contributed by atoms with Gasteiger partial charge in [0.25, 0.3) is 0 Å². The molecule has 18 heavy (non-hydrogen) atoms. The van der Waals surface area contributed by atoms with Crippen molar-refractivity contribution in [2.75, 3.05) is 12.4 Å². The van der Waals surface area contributed by atoms with E-state index >= 15 is 0 Å². The van der Waals surface area contributed by atoms with Crippen molar-refractivity contribution in [1.29, 1.82) is 0 Å². The maximum Gasteiger partial charge on any atom is 0.128 e. The van der Waals surface area contributed by atoms with E-state index in [4.69, 9.17) is 4.74 Å². The van der Waals surface area contributed by atoms with Gasteiger partial charge in [0.1, 0.15) is 5.82 Å². The van der Waals surface area contributed by atoms with Crippen LogP contribution in [0.2, 0.25) is 0 Å². The highest BCUT2D eigenvalue weighted by atomic mass is 19.1. The third-order valence-corrected chi connectivity index (χ3v) is 2.74. The molecule has 0 fully saturated rings. The zero-order valence-electron chi connectivity index (χ0n) is 10.3. The van der Waals surface area contributed by atoms with E-state index in [1.165, 1.54) is 6.07 Å². The largest absolute Gasteiger partial charge is 0.381 e. The molecule has 0 aliphatic carbocycles. The second-order valence-corrected chi connectivity index (χ2v) is 4.04. The molecule has 0 aliphatic heterocycles. The van der Waals surface area contributed by atoms with E-state index in [9.17, 15) is 4.39 Å². The SMILES string of the molecule is COCc1ccccc1NCc1ccccc1F. The molecule has 0 bridgehead atoms. The van der Waals surface area contributed by atoms with Gasteiger partial charge in [-0.3, -0.25) is 0 Å². The predicted octanol–water partition coefficient (Wildman–Crippen LogP) is 3.58. The molecule has 0 amide bonds. The summed E-state index contributed by atoms with van der Waals surface area (Å²) in [6.07, 6.45) is 0. The monoisotopic (exact) mass is 245 g/mol. The summed E-state index contributed by atoms with van der Waals surface area (Å²) >= 11 is 0. The predicted molar refractivity (Wildman–Crippen MR) is 70.9 cm³/mol. The van der Waals surface area contributed by atoms with E-state index in [-0.39, 0.29) is 5.82 Å². The fourth-order valence-electron chi connectivity index (χ4n) is 1.81. The van der Waals surface area contributed by atoms with Gasteiger partial charge < -0.3 is 10.1 Å². The standard InChI is InChI=1S/C15H16FNO/c1-18-11-13-7-3-5-9-15(13)17-10-12-6-2-4-8-14(12)16/h2-9,17H,10-11H2,1H3. The minimum absolute atomic E-state index is 0.186. The van der Waals surface area contributed by atoms with Gasteiger partial charge in [-0.25, -0.2) is 4.39 Å². The molecule has 2 aromatic rings. The molecule has 3 heteroatoms. The van der Waals surface area contributed by atoms with E-state index in [0.29, 0.717) is 18.7 Å². The molecule has 0 unspecified atom stereocenters. The lowest BCUT2D eigenvalue weighted by Gasteiger charge is -2.11. The van der Waals surface area contributed by atoms with Crippen LogP contribution in [0.1, 0.15) is 11.1 Å². The number of anilines is 1. The average Bonchev–Trinajstić information content (AvgIpc) is 2.40. The van der Waals surface area contributed by atoms with Crippen molar-refractivity contribution >= 4 is 5.69 Å². The summed E-state index contributed by atoms with van der Waals surface area (Å²) in [5, 5.41) is 3.24. The molecule has 2 aromatic carbocycles. The van der Waals surface area contributed by atoms with Crippen molar-refractivity contribution in [2.24, 2.45) is 0 Å². The molecule has 94 valence electrons. The summed E-state index contributed by atoms with van der Waals surface area (Å²) in [7, 11) is 1.66. The Bertz CT molecular complexity index is 513. The average molecular weight is 245 g/mol. The van der Waals surface area contributed by atoms with Crippen molar-refractivity contribution in [3.63, 3.8) is 0 Å². The lowest BCUT2D eigenvalue weighted by atomic mass is 10.1. The molecule has 0 aromatic heterocycles. The van der Waals surface area contributed by atoms with E-state index in [0.717, 1.165) is 11.3 Å². The highest BCUT2D eigenvalue weighted by Gasteiger charge is 2.03. The van der Waals surface area contributed by atoms with Gasteiger partial charge in [0, 0.05) is 30.5 Å². The van der Waals surface area contributed by atoms with Crippen LogP contribution in [0, 0.1) is 5.82 Å². The molecule has 0 radical (unpaired) electrons. The molecule has 0 aliphatic rings. The number of hydrogen-bond donors (Lipinski definition) is 1. The van der Waals surface area contributed by atoms with E-state index in [2.05, 4.69) is 5.32 Å². The molecule has 2 nitrogen and oxygen atoms in total. The van der Waals surface area contributed by atoms with Crippen molar-refractivity contribution in [3.8, 4) is 0 Å². The molecular weight excluding hydrogens is 229 g/mol. The normalized spacial score (nSPS) is 10.3. The molecular formula is C15H16FNO. The van der Waals surface area contributed by atoms with Crippen LogP contribution >= 0.6 is 0 Å². The number of halogens is 1. The van der Waals surface area contributed by atoms with Gasteiger partial charge in [-0.2, -0.15) is 0 Å².